The van der Waals surface area contributed by atoms with E-state index in [2.05, 4.69) is 16.3 Å². The summed E-state index contributed by atoms with van der Waals surface area (Å²) >= 11 is 0. The summed E-state index contributed by atoms with van der Waals surface area (Å²) in [5.74, 6) is 6.77. The summed E-state index contributed by atoms with van der Waals surface area (Å²) in [5.41, 5.74) is 0.427. The molecular weight excluding hydrogens is 372 g/mol. The summed E-state index contributed by atoms with van der Waals surface area (Å²) in [4.78, 5) is 27.5. The van der Waals surface area contributed by atoms with Gasteiger partial charge in [0.2, 0.25) is 0 Å². The van der Waals surface area contributed by atoms with Gasteiger partial charge in [-0.2, -0.15) is 9.94 Å². The van der Waals surface area contributed by atoms with Gasteiger partial charge in [-0.3, -0.25) is 9.36 Å². The quantitative estimate of drug-likeness (QED) is 0.516. The Bertz CT molecular complexity index is 1080. The number of nitrogen functional groups attached to an aromatic ring is 1. The first-order chi connectivity index (χ1) is 14.1. The van der Waals surface area contributed by atoms with E-state index in [1.807, 2.05) is 6.07 Å². The summed E-state index contributed by atoms with van der Waals surface area (Å²) in [7, 11) is 1.57. The highest BCUT2D eigenvalue weighted by atomic mass is 16.5. The molecule has 1 saturated heterocycles. The third-order valence-electron chi connectivity index (χ3n) is 5.80. The highest BCUT2D eigenvalue weighted by molar-refractivity contribution is 5.90. The van der Waals surface area contributed by atoms with Crippen molar-refractivity contribution in [2.24, 2.45) is 5.92 Å². The van der Waals surface area contributed by atoms with E-state index in [1.165, 1.54) is 0 Å². The van der Waals surface area contributed by atoms with Crippen molar-refractivity contribution >= 4 is 16.6 Å². The lowest BCUT2D eigenvalue weighted by Gasteiger charge is -2.24. The molecule has 4 rings (SSSR count). The van der Waals surface area contributed by atoms with E-state index in [9.17, 15) is 9.59 Å². The van der Waals surface area contributed by atoms with E-state index in [0.29, 0.717) is 40.2 Å². The molecule has 2 heterocycles. The van der Waals surface area contributed by atoms with Crippen LogP contribution in [0.15, 0.2) is 21.7 Å². The van der Waals surface area contributed by atoms with Gasteiger partial charge in [0, 0.05) is 32.1 Å². The molecule has 0 spiro atoms. The van der Waals surface area contributed by atoms with Crippen LogP contribution in [-0.2, 0) is 0 Å². The molecule has 2 aromatic rings. The molecule has 1 saturated carbocycles. The normalized spacial score (nSPS) is 18.9. The standard InChI is InChI=1S/C20H26N6O3/c1-29-18-16(24-10-7-13(12-24)11-23-9-2-8-21)6-5-15-17(18)25(14-3-4-14)20(28)26(22)19(15)27/h5-6,13-14,23H,2-4,7,9-12,22H2,1H3. The van der Waals surface area contributed by atoms with Crippen LogP contribution in [-0.4, -0.2) is 42.5 Å². The first kappa shape index (κ1) is 19.3. The maximum atomic E-state index is 12.7. The van der Waals surface area contributed by atoms with E-state index < -0.39 is 11.2 Å². The van der Waals surface area contributed by atoms with Crippen molar-refractivity contribution in [3.8, 4) is 11.8 Å². The molecule has 1 aromatic carbocycles. The maximum Gasteiger partial charge on any atom is 0.350 e. The van der Waals surface area contributed by atoms with Gasteiger partial charge in [-0.05, 0) is 43.9 Å². The van der Waals surface area contributed by atoms with Crippen LogP contribution in [0.5, 0.6) is 5.75 Å². The number of nitriles is 1. The van der Waals surface area contributed by atoms with Crippen LogP contribution >= 0.6 is 0 Å². The summed E-state index contributed by atoms with van der Waals surface area (Å²) in [6.07, 6.45) is 3.31. The molecule has 0 bridgehead atoms. The van der Waals surface area contributed by atoms with Crippen molar-refractivity contribution < 1.29 is 4.74 Å². The average molecular weight is 398 g/mol. The molecule has 1 aromatic heterocycles. The predicted molar refractivity (Wildman–Crippen MR) is 111 cm³/mol. The zero-order valence-electron chi connectivity index (χ0n) is 16.6. The number of methoxy groups -OCH3 is 1. The van der Waals surface area contributed by atoms with Gasteiger partial charge < -0.3 is 20.8 Å². The summed E-state index contributed by atoms with van der Waals surface area (Å²) in [5, 5.41) is 12.4. The van der Waals surface area contributed by atoms with Crippen LogP contribution in [0.3, 0.4) is 0 Å². The first-order valence-electron chi connectivity index (χ1n) is 10.0. The minimum Gasteiger partial charge on any atom is -0.492 e. The van der Waals surface area contributed by atoms with Gasteiger partial charge in [-0.1, -0.05) is 0 Å². The number of hydrogen-bond acceptors (Lipinski definition) is 7. The number of rotatable bonds is 7. The Kier molecular flexibility index (Phi) is 5.20. The lowest BCUT2D eigenvalue weighted by molar-refractivity contribution is 0.416. The Balaban J connectivity index is 1.71. The summed E-state index contributed by atoms with van der Waals surface area (Å²) in [6, 6.07) is 5.82. The fraction of sp³-hybridized carbons (Fsp3) is 0.550. The van der Waals surface area contributed by atoms with Crippen molar-refractivity contribution in [2.75, 3.05) is 44.0 Å². The first-order valence-corrected chi connectivity index (χ1v) is 10.0. The van der Waals surface area contributed by atoms with Crippen molar-refractivity contribution in [1.82, 2.24) is 14.6 Å². The average Bonchev–Trinajstić information content (AvgIpc) is 3.45. The molecule has 9 heteroatoms. The van der Waals surface area contributed by atoms with E-state index in [-0.39, 0.29) is 6.04 Å². The number of hydrogen-bond donors (Lipinski definition) is 2. The fourth-order valence-electron chi connectivity index (χ4n) is 4.19. The van der Waals surface area contributed by atoms with Gasteiger partial charge in [0.05, 0.1) is 24.3 Å². The fourth-order valence-corrected chi connectivity index (χ4v) is 4.19. The second kappa shape index (κ2) is 7.79. The predicted octanol–water partition coefficient (Wildman–Crippen LogP) is 0.550. The van der Waals surface area contributed by atoms with Gasteiger partial charge in [0.25, 0.3) is 5.56 Å². The minimum atomic E-state index is -0.507. The Morgan fingerprint density at radius 3 is 2.79 bits per heavy atom. The third-order valence-corrected chi connectivity index (χ3v) is 5.80. The van der Waals surface area contributed by atoms with Crippen LogP contribution in [0.25, 0.3) is 10.9 Å². The van der Waals surface area contributed by atoms with Gasteiger partial charge in [-0.15, -0.1) is 0 Å². The molecule has 1 unspecified atom stereocenters. The van der Waals surface area contributed by atoms with Crippen molar-refractivity contribution in [3.05, 3.63) is 33.0 Å². The van der Waals surface area contributed by atoms with E-state index in [1.54, 1.807) is 17.7 Å². The van der Waals surface area contributed by atoms with E-state index in [0.717, 1.165) is 44.6 Å². The summed E-state index contributed by atoms with van der Waals surface area (Å²) < 4.78 is 8.06. The maximum absolute atomic E-state index is 12.7. The lowest BCUT2D eigenvalue weighted by Crippen LogP contribution is -2.44. The van der Waals surface area contributed by atoms with Crippen LogP contribution in [0.2, 0.25) is 0 Å². The number of nitrogens with zero attached hydrogens (tertiary/aromatic N) is 4. The van der Waals surface area contributed by atoms with Gasteiger partial charge >= 0.3 is 5.69 Å². The number of aromatic nitrogens is 2. The lowest BCUT2D eigenvalue weighted by atomic mass is 10.1. The molecule has 9 nitrogen and oxygen atoms in total. The number of nitrogens with two attached hydrogens (primary N) is 1. The number of fused-ring (bicyclic) bond motifs is 1. The van der Waals surface area contributed by atoms with Crippen molar-refractivity contribution in [2.45, 2.75) is 31.7 Å². The number of ether oxygens (including phenoxy) is 1. The molecule has 2 fully saturated rings. The van der Waals surface area contributed by atoms with Crippen LogP contribution in [0.4, 0.5) is 5.69 Å². The second-order valence-corrected chi connectivity index (χ2v) is 7.79. The molecule has 0 radical (unpaired) electrons. The Labute approximate surface area is 168 Å². The molecule has 1 aliphatic carbocycles. The molecular formula is C20H26N6O3. The largest absolute Gasteiger partial charge is 0.492 e. The van der Waals surface area contributed by atoms with Crippen molar-refractivity contribution in [1.29, 1.82) is 5.26 Å². The Hall–Kier alpha value is -2.99. The highest BCUT2D eigenvalue weighted by Gasteiger charge is 2.32. The van der Waals surface area contributed by atoms with Crippen molar-refractivity contribution in [3.63, 3.8) is 0 Å². The zero-order chi connectivity index (χ0) is 20.5. The van der Waals surface area contributed by atoms with E-state index in [4.69, 9.17) is 15.8 Å². The number of nitrogens with one attached hydrogen (secondary N) is 1. The zero-order valence-corrected chi connectivity index (χ0v) is 16.6. The molecule has 2 aliphatic rings. The van der Waals surface area contributed by atoms with Gasteiger partial charge in [-0.25, -0.2) is 4.79 Å². The SMILES string of the molecule is COc1c(N2CCC(CNCCC#N)C2)ccc2c(=O)n(N)c(=O)n(C3CC3)c12. The van der Waals surface area contributed by atoms with Crippen LogP contribution < -0.4 is 32.0 Å². The molecule has 3 N–H and O–H groups in total. The third kappa shape index (κ3) is 3.44. The highest BCUT2D eigenvalue weighted by Crippen LogP contribution is 2.41. The van der Waals surface area contributed by atoms with Crippen LogP contribution in [0.1, 0.15) is 31.7 Å². The van der Waals surface area contributed by atoms with Crippen LogP contribution in [0, 0.1) is 17.2 Å². The number of benzene rings is 1. The smallest absolute Gasteiger partial charge is 0.350 e. The molecule has 1 aliphatic heterocycles. The van der Waals surface area contributed by atoms with E-state index >= 15 is 0 Å². The minimum absolute atomic E-state index is 0.0558. The molecule has 29 heavy (non-hydrogen) atoms. The monoisotopic (exact) mass is 398 g/mol. The Morgan fingerprint density at radius 1 is 1.31 bits per heavy atom. The Morgan fingerprint density at radius 2 is 2.10 bits per heavy atom. The second-order valence-electron chi connectivity index (χ2n) is 7.79. The topological polar surface area (TPSA) is 118 Å². The van der Waals surface area contributed by atoms with Gasteiger partial charge in [0.15, 0.2) is 5.75 Å². The molecule has 0 amide bonds. The van der Waals surface area contributed by atoms with Gasteiger partial charge in [0.1, 0.15) is 5.52 Å². The molecule has 1 atom stereocenters. The number of anilines is 1. The molecule has 154 valence electrons. The summed E-state index contributed by atoms with van der Waals surface area (Å²) in [6.45, 7) is 3.28.